The summed E-state index contributed by atoms with van der Waals surface area (Å²) in [5.74, 6) is 0.989. The van der Waals surface area contributed by atoms with Crippen LogP contribution in [0.4, 0.5) is 0 Å². The van der Waals surface area contributed by atoms with Gasteiger partial charge in [-0.1, -0.05) is 30.3 Å². The molecule has 114 valence electrons. The Morgan fingerprint density at radius 1 is 0.950 bits per heavy atom. The minimum Gasteiger partial charge on any atom is -0.349 e. The van der Waals surface area contributed by atoms with Gasteiger partial charge in [0.15, 0.2) is 5.96 Å². The lowest BCUT2D eigenvalue weighted by Crippen LogP contribution is -2.36. The number of guanidine groups is 1. The van der Waals surface area contributed by atoms with Gasteiger partial charge in [-0.15, -0.1) is 24.0 Å². The van der Waals surface area contributed by atoms with Gasteiger partial charge in [0.1, 0.15) is 0 Å². The molecule has 0 N–H and O–H groups in total. The fourth-order valence-corrected chi connectivity index (χ4v) is 2.09. The summed E-state index contributed by atoms with van der Waals surface area (Å²) in [6.07, 6.45) is 0. The molecule has 4 nitrogen and oxygen atoms in total. The Balaban J connectivity index is 0.00000361. The molecule has 0 bridgehead atoms. The van der Waals surface area contributed by atoms with E-state index in [1.54, 1.807) is 0 Å². The normalized spacial score (nSPS) is 11.6. The fourth-order valence-electron chi connectivity index (χ4n) is 2.09. The van der Waals surface area contributed by atoms with Crippen molar-refractivity contribution in [2.45, 2.75) is 6.04 Å². The molecule has 5 heteroatoms. The van der Waals surface area contributed by atoms with E-state index in [1.807, 2.05) is 44.1 Å². The van der Waals surface area contributed by atoms with Crippen LogP contribution in [0.1, 0.15) is 11.6 Å². The smallest absolute Gasteiger partial charge is 0.195 e. The summed E-state index contributed by atoms with van der Waals surface area (Å²) >= 11 is 0. The van der Waals surface area contributed by atoms with Crippen LogP contribution in [0.3, 0.4) is 0 Å². The average molecular weight is 390 g/mol. The lowest BCUT2D eigenvalue weighted by molar-refractivity contribution is 0.304. The van der Waals surface area contributed by atoms with E-state index in [9.17, 15) is 0 Å². The van der Waals surface area contributed by atoms with Crippen LogP contribution in [0.15, 0.2) is 35.3 Å². The van der Waals surface area contributed by atoms with E-state index in [4.69, 9.17) is 4.99 Å². The van der Waals surface area contributed by atoms with Crippen molar-refractivity contribution in [1.29, 1.82) is 0 Å². The van der Waals surface area contributed by atoms with Crippen LogP contribution in [0.2, 0.25) is 0 Å². The molecular formula is C15H27IN4. The molecule has 0 aliphatic rings. The first-order chi connectivity index (χ1) is 8.93. The number of hydrogen-bond acceptors (Lipinski definition) is 2. The Labute approximate surface area is 140 Å². The average Bonchev–Trinajstić information content (AvgIpc) is 2.34. The van der Waals surface area contributed by atoms with Crippen LogP contribution in [-0.2, 0) is 0 Å². The molecule has 0 radical (unpaired) electrons. The fraction of sp³-hybridized carbons (Fsp3) is 0.533. The summed E-state index contributed by atoms with van der Waals surface area (Å²) in [5.41, 5.74) is 1.30. The van der Waals surface area contributed by atoms with Crippen molar-refractivity contribution in [2.75, 3.05) is 48.8 Å². The van der Waals surface area contributed by atoms with Crippen molar-refractivity contribution < 1.29 is 0 Å². The van der Waals surface area contributed by atoms with Gasteiger partial charge in [-0.05, 0) is 19.7 Å². The third-order valence-corrected chi connectivity index (χ3v) is 3.01. The maximum absolute atomic E-state index is 4.75. The second-order valence-corrected chi connectivity index (χ2v) is 5.32. The van der Waals surface area contributed by atoms with Crippen molar-refractivity contribution in [3.63, 3.8) is 0 Å². The topological polar surface area (TPSA) is 22.1 Å². The highest BCUT2D eigenvalue weighted by molar-refractivity contribution is 14.0. The zero-order valence-electron chi connectivity index (χ0n) is 13.4. The summed E-state index contributed by atoms with van der Waals surface area (Å²) < 4.78 is 0. The molecule has 0 saturated carbocycles. The van der Waals surface area contributed by atoms with Gasteiger partial charge in [0, 0.05) is 28.2 Å². The van der Waals surface area contributed by atoms with Crippen molar-refractivity contribution in [2.24, 2.45) is 4.99 Å². The predicted molar refractivity (Wildman–Crippen MR) is 98.0 cm³/mol. The van der Waals surface area contributed by atoms with Crippen molar-refractivity contribution >= 4 is 29.9 Å². The Morgan fingerprint density at radius 2 is 1.45 bits per heavy atom. The van der Waals surface area contributed by atoms with Crippen molar-refractivity contribution in [1.82, 2.24) is 14.7 Å². The first kappa shape index (κ1) is 19.2. The molecule has 1 rings (SSSR count). The quantitative estimate of drug-likeness (QED) is 0.448. The van der Waals surface area contributed by atoms with Gasteiger partial charge in [0.2, 0.25) is 0 Å². The molecule has 0 fully saturated rings. The number of aliphatic imine (C=N–C) groups is 1. The standard InChI is InChI=1S/C15H26N4.HI/c1-17(2)14(13-10-8-7-9-11-13)12-16-15(18(3)4)19(5)6;/h7-11,14H,12H2,1-6H3;1H. The predicted octanol–water partition coefficient (Wildman–Crippen LogP) is 2.39. The van der Waals surface area contributed by atoms with Gasteiger partial charge in [-0.3, -0.25) is 4.99 Å². The summed E-state index contributed by atoms with van der Waals surface area (Å²) in [6, 6.07) is 10.8. The van der Waals surface area contributed by atoms with E-state index in [-0.39, 0.29) is 24.0 Å². The molecule has 0 amide bonds. The van der Waals surface area contributed by atoms with Gasteiger partial charge < -0.3 is 14.7 Å². The first-order valence-corrected chi connectivity index (χ1v) is 6.54. The van der Waals surface area contributed by atoms with E-state index in [1.165, 1.54) is 5.56 Å². The van der Waals surface area contributed by atoms with E-state index in [2.05, 4.69) is 43.3 Å². The number of rotatable bonds is 4. The number of likely N-dealkylation sites (N-methyl/N-ethyl adjacent to an activating group) is 1. The minimum atomic E-state index is 0. The third kappa shape index (κ3) is 5.66. The molecule has 20 heavy (non-hydrogen) atoms. The van der Waals surface area contributed by atoms with E-state index >= 15 is 0 Å². The Morgan fingerprint density at radius 3 is 1.85 bits per heavy atom. The molecule has 1 atom stereocenters. The molecule has 0 saturated heterocycles. The third-order valence-electron chi connectivity index (χ3n) is 3.01. The largest absolute Gasteiger partial charge is 0.349 e. The lowest BCUT2D eigenvalue weighted by atomic mass is 10.1. The SMILES string of the molecule is CN(C)C(=NCC(c1ccccc1)N(C)C)N(C)C.I. The van der Waals surface area contributed by atoms with Gasteiger partial charge in [0.25, 0.3) is 0 Å². The zero-order valence-corrected chi connectivity index (χ0v) is 15.7. The maximum Gasteiger partial charge on any atom is 0.195 e. The second kappa shape index (κ2) is 9.18. The van der Waals surface area contributed by atoms with Crippen molar-refractivity contribution in [3.8, 4) is 0 Å². The Kier molecular flexibility index (Phi) is 8.80. The van der Waals surface area contributed by atoms with Gasteiger partial charge in [-0.25, -0.2) is 0 Å². The van der Waals surface area contributed by atoms with Crippen LogP contribution in [0.5, 0.6) is 0 Å². The molecule has 0 aliphatic heterocycles. The van der Waals surface area contributed by atoms with Crippen LogP contribution < -0.4 is 0 Å². The van der Waals surface area contributed by atoms with E-state index < -0.39 is 0 Å². The van der Waals surface area contributed by atoms with Gasteiger partial charge in [0.05, 0.1) is 12.6 Å². The summed E-state index contributed by atoms with van der Waals surface area (Å²) in [4.78, 5) is 11.0. The summed E-state index contributed by atoms with van der Waals surface area (Å²) in [7, 11) is 12.3. The van der Waals surface area contributed by atoms with Gasteiger partial charge in [-0.2, -0.15) is 0 Å². The molecule has 1 unspecified atom stereocenters. The molecule has 0 spiro atoms. The van der Waals surface area contributed by atoms with Crippen LogP contribution in [0, 0.1) is 0 Å². The number of halogens is 1. The molecule has 1 aromatic carbocycles. The first-order valence-electron chi connectivity index (χ1n) is 6.54. The number of benzene rings is 1. The highest BCUT2D eigenvalue weighted by atomic mass is 127. The Hall–Kier alpha value is -0.820. The van der Waals surface area contributed by atoms with Crippen LogP contribution in [0.25, 0.3) is 0 Å². The minimum absolute atomic E-state index is 0. The van der Waals surface area contributed by atoms with Crippen LogP contribution >= 0.6 is 24.0 Å². The van der Waals surface area contributed by atoms with Crippen LogP contribution in [-0.4, -0.2) is 69.5 Å². The maximum atomic E-state index is 4.75. The zero-order chi connectivity index (χ0) is 14.4. The molecule has 0 heterocycles. The number of hydrogen-bond donors (Lipinski definition) is 0. The number of nitrogens with zero attached hydrogens (tertiary/aromatic N) is 4. The van der Waals surface area contributed by atoms with Gasteiger partial charge >= 0.3 is 0 Å². The Bertz CT molecular complexity index is 392. The van der Waals surface area contributed by atoms with Crippen molar-refractivity contribution in [3.05, 3.63) is 35.9 Å². The highest BCUT2D eigenvalue weighted by Crippen LogP contribution is 2.18. The summed E-state index contributed by atoms with van der Waals surface area (Å²) in [6.45, 7) is 0.753. The molecular weight excluding hydrogens is 363 g/mol. The summed E-state index contributed by atoms with van der Waals surface area (Å²) in [5, 5.41) is 0. The monoisotopic (exact) mass is 390 g/mol. The second-order valence-electron chi connectivity index (χ2n) is 5.32. The molecule has 0 aromatic heterocycles. The van der Waals surface area contributed by atoms with E-state index in [0.717, 1.165) is 12.5 Å². The highest BCUT2D eigenvalue weighted by Gasteiger charge is 2.14. The lowest BCUT2D eigenvalue weighted by Gasteiger charge is -2.26. The molecule has 0 aliphatic carbocycles. The van der Waals surface area contributed by atoms with E-state index in [0.29, 0.717) is 6.04 Å². The molecule has 1 aromatic rings.